The van der Waals surface area contributed by atoms with Crippen molar-refractivity contribution in [2.75, 3.05) is 27.8 Å². The van der Waals surface area contributed by atoms with Crippen molar-refractivity contribution in [2.45, 2.75) is 0 Å². The maximum absolute atomic E-state index is 12.5. The molecule has 0 saturated heterocycles. The third kappa shape index (κ3) is 5.63. The molecular formula is C19H20O6. The Balaban J connectivity index is 2.19. The van der Waals surface area contributed by atoms with Crippen LogP contribution in [0.3, 0.4) is 0 Å². The molecule has 0 heterocycles. The maximum atomic E-state index is 12.5. The lowest BCUT2D eigenvalue weighted by Crippen LogP contribution is -2.06. The lowest BCUT2D eigenvalue weighted by molar-refractivity contribution is 0.0456. The van der Waals surface area contributed by atoms with Crippen LogP contribution < -0.4 is 9.47 Å². The van der Waals surface area contributed by atoms with Gasteiger partial charge in [0.05, 0.1) is 5.56 Å². The van der Waals surface area contributed by atoms with Gasteiger partial charge < -0.3 is 24.1 Å². The molecule has 0 atom stereocenters. The van der Waals surface area contributed by atoms with E-state index in [1.54, 1.807) is 48.5 Å². The molecule has 6 nitrogen and oxygen atoms in total. The monoisotopic (exact) mass is 344 g/mol. The van der Waals surface area contributed by atoms with Gasteiger partial charge in [-0.05, 0) is 35.9 Å². The van der Waals surface area contributed by atoms with E-state index in [-0.39, 0.29) is 25.1 Å². The Morgan fingerprint density at radius 3 is 2.36 bits per heavy atom. The summed E-state index contributed by atoms with van der Waals surface area (Å²) in [5.41, 5.74) is 1.18. The molecule has 0 amide bonds. The highest BCUT2D eigenvalue weighted by Gasteiger charge is 2.12. The molecule has 0 bridgehead atoms. The van der Waals surface area contributed by atoms with Gasteiger partial charge in [0.15, 0.2) is 19.4 Å². The first-order valence-corrected chi connectivity index (χ1v) is 7.53. The first-order valence-electron chi connectivity index (χ1n) is 7.53. The van der Waals surface area contributed by atoms with Crippen LogP contribution in [-0.2, 0) is 9.47 Å². The number of aromatic hydroxyl groups is 1. The average Bonchev–Trinajstić information content (AvgIpc) is 2.64. The number of ether oxygens (including phenoxy) is 4. The minimum atomic E-state index is -0.225. The highest BCUT2D eigenvalue weighted by molar-refractivity contribution is 6.08. The molecule has 0 radical (unpaired) electrons. The number of rotatable bonds is 9. The highest BCUT2D eigenvalue weighted by atomic mass is 16.7. The molecule has 0 aliphatic carbocycles. The van der Waals surface area contributed by atoms with Crippen molar-refractivity contribution in [3.63, 3.8) is 0 Å². The van der Waals surface area contributed by atoms with Gasteiger partial charge in [-0.25, -0.2) is 0 Å². The predicted octanol–water partition coefficient (Wildman–Crippen LogP) is 3.25. The molecule has 0 aliphatic rings. The fourth-order valence-corrected chi connectivity index (χ4v) is 2.01. The lowest BCUT2D eigenvalue weighted by Gasteiger charge is -2.11. The normalized spacial score (nSPS) is 10.8. The maximum Gasteiger partial charge on any atom is 0.189 e. The molecular weight excluding hydrogens is 324 g/mol. The fraction of sp³-hybridized carbons (Fsp3) is 0.211. The van der Waals surface area contributed by atoms with Gasteiger partial charge in [-0.2, -0.15) is 0 Å². The van der Waals surface area contributed by atoms with Crippen molar-refractivity contribution in [2.24, 2.45) is 0 Å². The topological polar surface area (TPSA) is 74.2 Å². The molecule has 132 valence electrons. The Morgan fingerprint density at radius 1 is 1.00 bits per heavy atom. The van der Waals surface area contributed by atoms with Crippen molar-refractivity contribution in [3.8, 4) is 17.2 Å². The van der Waals surface area contributed by atoms with Gasteiger partial charge in [0.25, 0.3) is 0 Å². The number of carbonyl (C=O) groups is 1. The van der Waals surface area contributed by atoms with Gasteiger partial charge in [-0.15, -0.1) is 0 Å². The first-order chi connectivity index (χ1) is 12.1. The van der Waals surface area contributed by atoms with Gasteiger partial charge in [0.2, 0.25) is 0 Å². The standard InChI is InChI=1S/C19H20O6/c1-22-12-24-16-8-9-17(19(11-16)25-13-23-2)18(21)10-5-14-3-6-15(20)7-4-14/h3-11,20H,12-13H2,1-2H3. The van der Waals surface area contributed by atoms with E-state index in [1.165, 1.54) is 20.3 Å². The number of carbonyl (C=O) groups excluding carboxylic acids is 1. The third-order valence-corrected chi connectivity index (χ3v) is 3.21. The Labute approximate surface area is 146 Å². The number of phenols is 1. The summed E-state index contributed by atoms with van der Waals surface area (Å²) in [6.07, 6.45) is 3.11. The SMILES string of the molecule is COCOc1ccc(C(=O)C=Cc2ccc(O)cc2)c(OCOC)c1. The molecule has 2 rings (SSSR count). The number of benzene rings is 2. The van der Waals surface area contributed by atoms with Gasteiger partial charge in [0.1, 0.15) is 17.2 Å². The molecule has 1 N–H and O–H groups in total. The van der Waals surface area contributed by atoms with Gasteiger partial charge in [-0.3, -0.25) is 4.79 Å². The summed E-state index contributed by atoms with van der Waals surface area (Å²) in [4.78, 5) is 12.5. The number of ketones is 1. The van der Waals surface area contributed by atoms with E-state index in [2.05, 4.69) is 0 Å². The minimum Gasteiger partial charge on any atom is -0.508 e. The Hall–Kier alpha value is -2.83. The second-order valence-corrected chi connectivity index (χ2v) is 5.05. The quantitative estimate of drug-likeness (QED) is 0.428. The Morgan fingerprint density at radius 2 is 1.68 bits per heavy atom. The Bertz CT molecular complexity index is 721. The van der Waals surface area contributed by atoms with Crippen molar-refractivity contribution in [3.05, 3.63) is 59.7 Å². The van der Waals surface area contributed by atoms with E-state index in [9.17, 15) is 9.90 Å². The zero-order valence-corrected chi connectivity index (χ0v) is 14.1. The molecule has 0 spiro atoms. The largest absolute Gasteiger partial charge is 0.508 e. The predicted molar refractivity (Wildman–Crippen MR) is 92.9 cm³/mol. The van der Waals surface area contributed by atoms with Crippen LogP contribution in [0.15, 0.2) is 48.5 Å². The van der Waals surface area contributed by atoms with Crippen LogP contribution in [0.1, 0.15) is 15.9 Å². The van der Waals surface area contributed by atoms with Crippen LogP contribution >= 0.6 is 0 Å². The number of allylic oxidation sites excluding steroid dienone is 1. The van der Waals surface area contributed by atoms with E-state index >= 15 is 0 Å². The second kappa shape index (κ2) is 9.46. The fourth-order valence-electron chi connectivity index (χ4n) is 2.01. The molecule has 25 heavy (non-hydrogen) atoms. The smallest absolute Gasteiger partial charge is 0.189 e. The highest BCUT2D eigenvalue weighted by Crippen LogP contribution is 2.26. The van der Waals surface area contributed by atoms with E-state index in [0.717, 1.165) is 5.56 Å². The Kier molecular flexibility index (Phi) is 7.00. The molecule has 0 aliphatic heterocycles. The van der Waals surface area contributed by atoms with Crippen molar-refractivity contribution >= 4 is 11.9 Å². The van der Waals surface area contributed by atoms with Gasteiger partial charge >= 0.3 is 0 Å². The lowest BCUT2D eigenvalue weighted by atomic mass is 10.1. The molecule has 0 unspecified atom stereocenters. The van der Waals surface area contributed by atoms with Gasteiger partial charge in [0, 0.05) is 20.3 Å². The third-order valence-electron chi connectivity index (χ3n) is 3.21. The zero-order valence-electron chi connectivity index (χ0n) is 14.1. The summed E-state index contributed by atoms with van der Waals surface area (Å²) in [7, 11) is 3.02. The molecule has 0 aromatic heterocycles. The molecule has 6 heteroatoms. The van der Waals surface area contributed by atoms with E-state index < -0.39 is 0 Å². The zero-order chi connectivity index (χ0) is 18.1. The first kappa shape index (κ1) is 18.5. The minimum absolute atomic E-state index is 0.00961. The molecule has 0 fully saturated rings. The van der Waals surface area contributed by atoms with E-state index in [0.29, 0.717) is 17.1 Å². The van der Waals surface area contributed by atoms with Crippen LogP contribution in [0.4, 0.5) is 0 Å². The van der Waals surface area contributed by atoms with Crippen LogP contribution in [0.25, 0.3) is 6.08 Å². The molecule has 0 saturated carbocycles. The van der Waals surface area contributed by atoms with Crippen molar-refractivity contribution in [1.29, 1.82) is 0 Å². The summed E-state index contributed by atoms with van der Waals surface area (Å²) < 4.78 is 20.6. The van der Waals surface area contributed by atoms with Crippen LogP contribution in [0, 0.1) is 0 Å². The van der Waals surface area contributed by atoms with Crippen LogP contribution in [-0.4, -0.2) is 38.7 Å². The van der Waals surface area contributed by atoms with Crippen LogP contribution in [0.2, 0.25) is 0 Å². The second-order valence-electron chi connectivity index (χ2n) is 5.05. The number of phenolic OH excluding ortho intramolecular Hbond substituents is 1. The summed E-state index contributed by atoms with van der Waals surface area (Å²) in [6, 6.07) is 11.4. The summed E-state index contributed by atoms with van der Waals surface area (Å²) in [6.45, 7) is 0.105. The number of hydrogen-bond acceptors (Lipinski definition) is 6. The summed E-state index contributed by atoms with van der Waals surface area (Å²) in [5.74, 6) is 0.825. The average molecular weight is 344 g/mol. The molecule has 2 aromatic rings. The van der Waals surface area contributed by atoms with Crippen molar-refractivity contribution < 1.29 is 28.8 Å². The number of hydrogen-bond donors (Lipinski definition) is 1. The van der Waals surface area contributed by atoms with Crippen LogP contribution in [0.5, 0.6) is 17.2 Å². The van der Waals surface area contributed by atoms with Crippen molar-refractivity contribution in [1.82, 2.24) is 0 Å². The molecule has 2 aromatic carbocycles. The number of methoxy groups -OCH3 is 2. The van der Waals surface area contributed by atoms with Gasteiger partial charge in [-0.1, -0.05) is 18.2 Å². The summed E-state index contributed by atoms with van der Waals surface area (Å²) in [5, 5.41) is 9.28. The van der Waals surface area contributed by atoms with E-state index in [4.69, 9.17) is 18.9 Å². The summed E-state index contributed by atoms with van der Waals surface area (Å²) >= 11 is 0. The van der Waals surface area contributed by atoms with E-state index in [1.807, 2.05) is 0 Å².